The van der Waals surface area contributed by atoms with Gasteiger partial charge in [0.25, 0.3) is 11.8 Å². The van der Waals surface area contributed by atoms with Crippen molar-refractivity contribution in [1.29, 1.82) is 0 Å². The molecule has 0 bridgehead atoms. The normalized spacial score (nSPS) is 12.5. The van der Waals surface area contributed by atoms with Crippen LogP contribution in [0.2, 0.25) is 5.02 Å². The largest absolute Gasteiger partial charge is 0.390 e. The minimum atomic E-state index is -0.817. The van der Waals surface area contributed by atoms with Gasteiger partial charge >= 0.3 is 0 Å². The van der Waals surface area contributed by atoms with Crippen molar-refractivity contribution >= 4 is 23.4 Å². The van der Waals surface area contributed by atoms with E-state index in [4.69, 9.17) is 11.6 Å². The van der Waals surface area contributed by atoms with Gasteiger partial charge in [-0.25, -0.2) is 0 Å². The summed E-state index contributed by atoms with van der Waals surface area (Å²) in [4.78, 5) is 28.2. The third-order valence-corrected chi connectivity index (χ3v) is 6.79. The van der Waals surface area contributed by atoms with E-state index >= 15 is 0 Å². The fraction of sp³-hybridized carbons (Fsp3) is 0.375. The molecule has 3 N–H and O–H groups in total. The maximum absolute atomic E-state index is 13.3. The van der Waals surface area contributed by atoms with Gasteiger partial charge in [0, 0.05) is 35.8 Å². The molecule has 208 valence electrons. The number of nitrogens with one attached hydrogen (secondary N) is 2. The number of hydrogen-bond acceptors (Lipinski definition) is 4. The molecule has 0 saturated heterocycles. The van der Waals surface area contributed by atoms with E-state index in [0.29, 0.717) is 48.7 Å². The number of carbonyl (C=O) groups excluding carboxylic acids is 2. The number of benzene rings is 3. The Bertz CT molecular complexity index is 1180. The first-order valence-corrected chi connectivity index (χ1v) is 14.2. The van der Waals surface area contributed by atoms with Gasteiger partial charge in [-0.3, -0.25) is 9.59 Å². The lowest BCUT2D eigenvalue weighted by molar-refractivity contribution is 0.0755. The van der Waals surface area contributed by atoms with Crippen molar-refractivity contribution in [3.05, 3.63) is 106 Å². The molecule has 3 aromatic rings. The van der Waals surface area contributed by atoms with Gasteiger partial charge in [0.15, 0.2) is 0 Å². The topological polar surface area (TPSA) is 81.7 Å². The Balaban J connectivity index is 1.67. The van der Waals surface area contributed by atoms with Crippen molar-refractivity contribution in [3.8, 4) is 0 Å². The van der Waals surface area contributed by atoms with Gasteiger partial charge < -0.3 is 20.6 Å². The van der Waals surface area contributed by atoms with Gasteiger partial charge in [-0.15, -0.1) is 0 Å². The second-order valence-corrected chi connectivity index (χ2v) is 10.2. The number of halogens is 1. The van der Waals surface area contributed by atoms with Crippen molar-refractivity contribution in [2.45, 2.75) is 51.7 Å². The van der Waals surface area contributed by atoms with Gasteiger partial charge in [-0.05, 0) is 73.7 Å². The monoisotopic (exact) mass is 549 g/mol. The number of aliphatic hydroxyl groups excluding tert-OH is 1. The second-order valence-electron chi connectivity index (χ2n) is 9.79. The zero-order valence-corrected chi connectivity index (χ0v) is 23.7. The van der Waals surface area contributed by atoms with Gasteiger partial charge in [-0.2, -0.15) is 0 Å². The van der Waals surface area contributed by atoms with Crippen LogP contribution in [0.5, 0.6) is 0 Å². The SMILES string of the molecule is CCCN(CCC)C(=O)c1cccc(C(=O)N[C@@H](Cc2ccccc2)[C@H](O)CNCCc2cccc(Cl)c2)c1. The van der Waals surface area contributed by atoms with Crippen LogP contribution in [-0.2, 0) is 12.8 Å². The fourth-order valence-electron chi connectivity index (χ4n) is 4.55. The summed E-state index contributed by atoms with van der Waals surface area (Å²) in [6, 6.07) is 23.8. The van der Waals surface area contributed by atoms with Crippen LogP contribution >= 0.6 is 11.6 Å². The summed E-state index contributed by atoms with van der Waals surface area (Å²) in [5.41, 5.74) is 3.02. The molecule has 0 aliphatic heterocycles. The van der Waals surface area contributed by atoms with E-state index in [2.05, 4.69) is 10.6 Å². The minimum absolute atomic E-state index is 0.0712. The zero-order valence-electron chi connectivity index (χ0n) is 22.9. The van der Waals surface area contributed by atoms with E-state index in [1.54, 1.807) is 24.3 Å². The molecule has 7 heteroatoms. The third-order valence-electron chi connectivity index (χ3n) is 6.56. The van der Waals surface area contributed by atoms with Crippen LogP contribution in [0.15, 0.2) is 78.9 Å². The first-order chi connectivity index (χ1) is 18.9. The summed E-state index contributed by atoms with van der Waals surface area (Å²) in [6.45, 7) is 6.44. The summed E-state index contributed by atoms with van der Waals surface area (Å²) in [7, 11) is 0. The van der Waals surface area contributed by atoms with Crippen LogP contribution in [-0.4, -0.2) is 60.1 Å². The summed E-state index contributed by atoms with van der Waals surface area (Å²) in [6.07, 6.45) is 2.18. The van der Waals surface area contributed by atoms with Gasteiger partial charge in [0.1, 0.15) is 0 Å². The molecule has 0 aliphatic carbocycles. The number of rotatable bonds is 15. The first kappa shape index (κ1) is 30.4. The molecule has 39 heavy (non-hydrogen) atoms. The number of aliphatic hydroxyl groups is 1. The summed E-state index contributed by atoms with van der Waals surface area (Å²) >= 11 is 6.07. The van der Waals surface area contributed by atoms with Crippen LogP contribution in [0.25, 0.3) is 0 Å². The van der Waals surface area contributed by atoms with Crippen LogP contribution in [0.4, 0.5) is 0 Å². The molecular formula is C32H40ClN3O3. The molecule has 0 unspecified atom stereocenters. The molecule has 0 aliphatic rings. The lowest BCUT2D eigenvalue weighted by Gasteiger charge is -2.25. The van der Waals surface area contributed by atoms with E-state index < -0.39 is 12.1 Å². The predicted octanol–water partition coefficient (Wildman–Crippen LogP) is 5.14. The van der Waals surface area contributed by atoms with Crippen molar-refractivity contribution in [2.24, 2.45) is 0 Å². The van der Waals surface area contributed by atoms with E-state index in [9.17, 15) is 14.7 Å². The molecule has 3 rings (SSSR count). The van der Waals surface area contributed by atoms with Gasteiger partial charge in [0.05, 0.1) is 12.1 Å². The predicted molar refractivity (Wildman–Crippen MR) is 158 cm³/mol. The molecule has 0 spiro atoms. The maximum atomic E-state index is 13.3. The highest BCUT2D eigenvalue weighted by atomic mass is 35.5. The van der Waals surface area contributed by atoms with Crippen molar-refractivity contribution in [3.63, 3.8) is 0 Å². The standard InChI is InChI=1S/C32H40ClN3O3/c1-3-18-36(19-4-2)32(39)27-14-9-13-26(22-27)31(38)35-29(21-24-10-6-5-7-11-24)30(37)23-34-17-16-25-12-8-15-28(33)20-25/h5-15,20,22,29-30,34,37H,3-4,16-19,21,23H2,1-2H3,(H,35,38)/t29-,30+/m0/s1. The Morgan fingerprint density at radius 3 is 2.23 bits per heavy atom. The van der Waals surface area contributed by atoms with Crippen molar-refractivity contribution in [2.75, 3.05) is 26.2 Å². The molecule has 0 saturated carbocycles. The van der Waals surface area contributed by atoms with E-state index in [1.165, 1.54) is 0 Å². The molecule has 0 fully saturated rings. The van der Waals surface area contributed by atoms with Crippen LogP contribution < -0.4 is 10.6 Å². The zero-order chi connectivity index (χ0) is 28.0. The van der Waals surface area contributed by atoms with Crippen LogP contribution in [0.3, 0.4) is 0 Å². The molecule has 3 aromatic carbocycles. The highest BCUT2D eigenvalue weighted by molar-refractivity contribution is 6.30. The Morgan fingerprint density at radius 2 is 1.54 bits per heavy atom. The highest BCUT2D eigenvalue weighted by Gasteiger charge is 2.23. The molecule has 0 radical (unpaired) electrons. The Hall–Kier alpha value is -3.19. The highest BCUT2D eigenvalue weighted by Crippen LogP contribution is 2.13. The van der Waals surface area contributed by atoms with Crippen molar-refractivity contribution < 1.29 is 14.7 Å². The molecule has 6 nitrogen and oxygen atoms in total. The lowest BCUT2D eigenvalue weighted by Crippen LogP contribution is -2.49. The number of carbonyl (C=O) groups is 2. The maximum Gasteiger partial charge on any atom is 0.253 e. The molecule has 2 amide bonds. The average Bonchev–Trinajstić information content (AvgIpc) is 2.95. The average molecular weight is 550 g/mol. The molecule has 0 aromatic heterocycles. The molecular weight excluding hydrogens is 510 g/mol. The van der Waals surface area contributed by atoms with Gasteiger partial charge in [0.2, 0.25) is 0 Å². The molecule has 0 heterocycles. The number of amides is 2. The summed E-state index contributed by atoms with van der Waals surface area (Å²) < 4.78 is 0. The number of hydrogen-bond donors (Lipinski definition) is 3. The van der Waals surface area contributed by atoms with Crippen LogP contribution in [0.1, 0.15) is 58.5 Å². The lowest BCUT2D eigenvalue weighted by atomic mass is 10.00. The molecule has 2 atom stereocenters. The third kappa shape index (κ3) is 9.81. The smallest absolute Gasteiger partial charge is 0.253 e. The Morgan fingerprint density at radius 1 is 0.872 bits per heavy atom. The summed E-state index contributed by atoms with van der Waals surface area (Å²) in [5.74, 6) is -0.390. The van der Waals surface area contributed by atoms with Gasteiger partial charge in [-0.1, -0.05) is 74.0 Å². The Kier molecular flexibility index (Phi) is 12.5. The van der Waals surface area contributed by atoms with E-state index in [0.717, 1.165) is 30.4 Å². The van der Waals surface area contributed by atoms with E-state index in [-0.39, 0.29) is 11.8 Å². The van der Waals surface area contributed by atoms with Crippen molar-refractivity contribution in [1.82, 2.24) is 15.5 Å². The fourth-order valence-corrected chi connectivity index (χ4v) is 4.76. The quantitative estimate of drug-likeness (QED) is 0.229. The first-order valence-electron chi connectivity index (χ1n) is 13.8. The summed E-state index contributed by atoms with van der Waals surface area (Å²) in [5, 5.41) is 18.1. The minimum Gasteiger partial charge on any atom is -0.390 e. The second kappa shape index (κ2) is 16.0. The Labute approximate surface area is 237 Å². The van der Waals surface area contributed by atoms with E-state index in [1.807, 2.05) is 73.3 Å². The number of nitrogens with zero attached hydrogens (tertiary/aromatic N) is 1. The van der Waals surface area contributed by atoms with Crippen LogP contribution in [0, 0.1) is 0 Å².